The summed E-state index contributed by atoms with van der Waals surface area (Å²) in [5, 5.41) is 14.0. The van der Waals surface area contributed by atoms with Crippen molar-refractivity contribution in [3.05, 3.63) is 47.4 Å². The number of anilines is 2. The summed E-state index contributed by atoms with van der Waals surface area (Å²) in [7, 11) is 1.64. The van der Waals surface area contributed by atoms with Gasteiger partial charge in [-0.15, -0.1) is 0 Å². The third-order valence-corrected chi connectivity index (χ3v) is 6.95. The fraction of sp³-hybridized carbons (Fsp3) is 0.423. The van der Waals surface area contributed by atoms with Crippen LogP contribution in [0.1, 0.15) is 67.1 Å². The maximum absolute atomic E-state index is 13.6. The molecule has 0 spiro atoms. The second kappa shape index (κ2) is 8.42. The molecule has 2 aliphatic rings. The van der Waals surface area contributed by atoms with Gasteiger partial charge in [-0.2, -0.15) is 0 Å². The van der Waals surface area contributed by atoms with Crippen LogP contribution < -0.4 is 11.1 Å². The molecule has 8 heteroatoms. The molecular weight excluding hydrogens is 430 g/mol. The van der Waals surface area contributed by atoms with Gasteiger partial charge in [-0.25, -0.2) is 9.97 Å². The third-order valence-electron chi connectivity index (χ3n) is 6.95. The highest BCUT2D eigenvalue weighted by Gasteiger charge is 2.44. The fourth-order valence-electron chi connectivity index (χ4n) is 4.50. The Kier molecular flexibility index (Phi) is 5.54. The van der Waals surface area contributed by atoms with Crippen molar-refractivity contribution in [2.45, 2.75) is 63.2 Å². The zero-order valence-corrected chi connectivity index (χ0v) is 19.5. The topological polar surface area (TPSA) is 115 Å². The molecule has 1 aromatic carbocycles. The van der Waals surface area contributed by atoms with E-state index in [1.807, 2.05) is 28.8 Å². The number of aliphatic hydroxyl groups is 1. The van der Waals surface area contributed by atoms with E-state index in [9.17, 15) is 9.90 Å². The number of fused-ring (bicyclic) bond motifs is 1. The lowest BCUT2D eigenvalue weighted by molar-refractivity contribution is -0.0280. The molecule has 4 N–H and O–H groups in total. The smallest absolute Gasteiger partial charge is 0.259 e. The minimum atomic E-state index is -0.724. The van der Waals surface area contributed by atoms with Crippen molar-refractivity contribution in [2.75, 3.05) is 18.2 Å². The van der Waals surface area contributed by atoms with Crippen LogP contribution in [0.4, 0.5) is 11.5 Å². The zero-order valence-electron chi connectivity index (χ0n) is 19.5. The Balaban J connectivity index is 1.59. The van der Waals surface area contributed by atoms with Gasteiger partial charge in [0.2, 0.25) is 0 Å². The lowest BCUT2D eigenvalue weighted by Gasteiger charge is -2.34. The number of carbonyl (C=O) groups excluding carboxylic acids is 1. The lowest BCUT2D eigenvalue weighted by atomic mass is 9.78. The molecule has 1 amide bonds. The first-order chi connectivity index (χ1) is 16.3. The average Bonchev–Trinajstić information content (AvgIpc) is 3.43. The van der Waals surface area contributed by atoms with Crippen LogP contribution in [0.5, 0.6) is 0 Å². The molecule has 0 atom stereocenters. The van der Waals surface area contributed by atoms with Crippen LogP contribution in [0, 0.1) is 11.8 Å². The molecule has 2 saturated carbocycles. The molecule has 5 rings (SSSR count). The maximum atomic E-state index is 13.6. The molecule has 176 valence electrons. The summed E-state index contributed by atoms with van der Waals surface area (Å²) in [6, 6.07) is 7.49. The summed E-state index contributed by atoms with van der Waals surface area (Å²) in [6.07, 6.45) is 6.24. The molecule has 3 aromatic rings. The van der Waals surface area contributed by atoms with Crippen molar-refractivity contribution >= 4 is 28.4 Å². The molecule has 0 unspecified atom stereocenters. The number of hydrogen-bond donors (Lipinski definition) is 3. The predicted octanol–water partition coefficient (Wildman–Crippen LogP) is 3.58. The Morgan fingerprint density at radius 3 is 2.59 bits per heavy atom. The lowest BCUT2D eigenvalue weighted by Crippen LogP contribution is -2.35. The number of aromatic nitrogens is 3. The molecular formula is C26H29N5O3. The van der Waals surface area contributed by atoms with E-state index < -0.39 is 5.60 Å². The molecule has 8 nitrogen and oxygen atoms in total. The van der Waals surface area contributed by atoms with Gasteiger partial charge in [0.25, 0.3) is 5.91 Å². The summed E-state index contributed by atoms with van der Waals surface area (Å²) in [6.45, 7) is 2.63. The van der Waals surface area contributed by atoms with Crippen molar-refractivity contribution in [2.24, 2.45) is 0 Å². The van der Waals surface area contributed by atoms with E-state index in [4.69, 9.17) is 10.5 Å². The Morgan fingerprint density at radius 1 is 1.24 bits per heavy atom. The number of benzene rings is 1. The van der Waals surface area contributed by atoms with Gasteiger partial charge in [0.05, 0.1) is 23.2 Å². The van der Waals surface area contributed by atoms with E-state index in [0.29, 0.717) is 41.0 Å². The highest BCUT2D eigenvalue weighted by atomic mass is 16.5. The predicted molar refractivity (Wildman–Crippen MR) is 130 cm³/mol. The first kappa shape index (κ1) is 22.4. The fourth-order valence-corrected chi connectivity index (χ4v) is 4.50. The summed E-state index contributed by atoms with van der Waals surface area (Å²) >= 11 is 0. The minimum absolute atomic E-state index is 0.184. The van der Waals surface area contributed by atoms with Gasteiger partial charge in [-0.05, 0) is 62.6 Å². The van der Waals surface area contributed by atoms with Gasteiger partial charge in [0.1, 0.15) is 23.5 Å². The second-order valence-electron chi connectivity index (χ2n) is 9.65. The molecule has 2 aromatic heterocycles. The van der Waals surface area contributed by atoms with Gasteiger partial charge in [-0.3, -0.25) is 4.79 Å². The Morgan fingerprint density at radius 2 is 1.97 bits per heavy atom. The quantitative estimate of drug-likeness (QED) is 0.486. The first-order valence-electron chi connectivity index (χ1n) is 11.6. The second-order valence-corrected chi connectivity index (χ2v) is 9.65. The van der Waals surface area contributed by atoms with Crippen LogP contribution in [0.3, 0.4) is 0 Å². The number of nitrogens with zero attached hydrogens (tertiary/aromatic N) is 3. The van der Waals surface area contributed by atoms with Crippen molar-refractivity contribution in [1.29, 1.82) is 0 Å². The highest BCUT2D eigenvalue weighted by Crippen LogP contribution is 2.47. The van der Waals surface area contributed by atoms with E-state index in [1.165, 1.54) is 6.33 Å². The summed E-state index contributed by atoms with van der Waals surface area (Å²) in [5.41, 5.74) is 8.58. The number of nitrogens with one attached hydrogen (secondary N) is 1. The van der Waals surface area contributed by atoms with Crippen LogP contribution >= 0.6 is 0 Å². The van der Waals surface area contributed by atoms with Gasteiger partial charge < -0.3 is 25.5 Å². The molecule has 2 fully saturated rings. The van der Waals surface area contributed by atoms with Crippen molar-refractivity contribution in [3.8, 4) is 11.8 Å². The number of ether oxygens (including phenoxy) is 1. The van der Waals surface area contributed by atoms with Crippen molar-refractivity contribution < 1.29 is 14.6 Å². The highest BCUT2D eigenvalue weighted by molar-refractivity contribution is 6.16. The van der Waals surface area contributed by atoms with E-state index in [-0.39, 0.29) is 17.3 Å². The monoisotopic (exact) mass is 459 g/mol. The largest absolute Gasteiger partial charge is 0.389 e. The number of amides is 1. The molecule has 0 bridgehead atoms. The zero-order chi connectivity index (χ0) is 23.9. The maximum Gasteiger partial charge on any atom is 0.259 e. The van der Waals surface area contributed by atoms with Gasteiger partial charge in [-0.1, -0.05) is 18.1 Å². The van der Waals surface area contributed by atoms with Gasteiger partial charge in [0.15, 0.2) is 0 Å². The Hall–Kier alpha value is -3.41. The van der Waals surface area contributed by atoms with Gasteiger partial charge >= 0.3 is 0 Å². The molecule has 0 radical (unpaired) electrons. The SMILES string of the molecule is COCc1ccc(NC(=O)c2c(C#CCC3(O)CCC3)n(C3(C)CC3)c3ncnc(N)c23)cc1. The van der Waals surface area contributed by atoms with E-state index in [1.54, 1.807) is 7.11 Å². The molecule has 2 heterocycles. The van der Waals surface area contributed by atoms with Crippen LogP contribution in [-0.4, -0.2) is 38.3 Å². The number of nitrogens with two attached hydrogens (primary N) is 1. The van der Waals surface area contributed by atoms with Crippen LogP contribution in [0.15, 0.2) is 30.6 Å². The van der Waals surface area contributed by atoms with E-state index in [0.717, 1.165) is 37.7 Å². The normalized spacial score (nSPS) is 17.5. The molecule has 0 saturated heterocycles. The molecule has 34 heavy (non-hydrogen) atoms. The Bertz CT molecular complexity index is 1310. The number of rotatable bonds is 6. The number of carbonyl (C=O) groups is 1. The first-order valence-corrected chi connectivity index (χ1v) is 11.6. The van der Waals surface area contributed by atoms with Crippen LogP contribution in [0.25, 0.3) is 11.0 Å². The summed E-state index contributed by atoms with van der Waals surface area (Å²) < 4.78 is 7.19. The summed E-state index contributed by atoms with van der Waals surface area (Å²) in [5.74, 6) is 6.28. The van der Waals surface area contributed by atoms with E-state index in [2.05, 4.69) is 34.0 Å². The number of hydrogen-bond acceptors (Lipinski definition) is 6. The molecule has 2 aliphatic carbocycles. The van der Waals surface area contributed by atoms with E-state index >= 15 is 0 Å². The van der Waals surface area contributed by atoms with Crippen LogP contribution in [-0.2, 0) is 16.9 Å². The van der Waals surface area contributed by atoms with Crippen molar-refractivity contribution in [1.82, 2.24) is 14.5 Å². The minimum Gasteiger partial charge on any atom is -0.389 e. The third kappa shape index (κ3) is 4.02. The van der Waals surface area contributed by atoms with Crippen LogP contribution in [0.2, 0.25) is 0 Å². The van der Waals surface area contributed by atoms with Gasteiger partial charge in [0, 0.05) is 24.8 Å². The standard InChI is InChI=1S/C26H29N5O3/c1-25(13-14-25)31-19(5-3-10-26(33)11-4-12-26)20(21-22(27)28-16-29-23(21)31)24(32)30-18-8-6-17(7-9-18)15-34-2/h6-9,16,33H,4,10-15H2,1-2H3,(H,30,32)(H2,27,28,29). The Labute approximate surface area is 198 Å². The number of methoxy groups -OCH3 is 1. The summed E-state index contributed by atoms with van der Waals surface area (Å²) in [4.78, 5) is 22.3. The van der Waals surface area contributed by atoms with Crippen molar-refractivity contribution in [3.63, 3.8) is 0 Å². The number of nitrogen functional groups attached to an aromatic ring is 1. The average molecular weight is 460 g/mol. The molecule has 0 aliphatic heterocycles.